The zero-order chi connectivity index (χ0) is 15.4. The molecule has 2 aromatic rings. The Morgan fingerprint density at radius 3 is 2.33 bits per heavy atom. The topological polar surface area (TPSA) is 44.5 Å². The second kappa shape index (κ2) is 6.54. The number of nitrogens with two attached hydrogens (primary N) is 1. The number of ether oxygens (including phenoxy) is 2. The molecule has 0 heterocycles. The summed E-state index contributed by atoms with van der Waals surface area (Å²) in [5.74, 6) is -0.107. The zero-order valence-electron chi connectivity index (χ0n) is 11.9. The third-order valence-corrected chi connectivity index (χ3v) is 3.25. The average molecular weight is 293 g/mol. The van der Waals surface area contributed by atoms with E-state index in [4.69, 9.17) is 15.2 Å². The van der Waals surface area contributed by atoms with Gasteiger partial charge in [0, 0.05) is 17.7 Å². The minimum absolute atomic E-state index is 0.303. The van der Waals surface area contributed by atoms with E-state index < -0.39 is 11.9 Å². The number of halogens is 2. The molecular formula is C16H17F2NO2. The maximum absolute atomic E-state index is 14.1. The molecule has 0 aliphatic rings. The summed E-state index contributed by atoms with van der Waals surface area (Å²) in [5, 5.41) is 0. The molecule has 1 atom stereocenters. The molecule has 0 aliphatic carbocycles. The first-order chi connectivity index (χ1) is 10.0. The lowest BCUT2D eigenvalue weighted by Gasteiger charge is -2.16. The Morgan fingerprint density at radius 2 is 1.71 bits per heavy atom. The lowest BCUT2D eigenvalue weighted by Crippen LogP contribution is -2.15. The van der Waals surface area contributed by atoms with E-state index in [-0.39, 0.29) is 5.82 Å². The van der Waals surface area contributed by atoms with E-state index in [9.17, 15) is 8.78 Å². The van der Waals surface area contributed by atoms with Gasteiger partial charge in [0.05, 0.1) is 14.2 Å². The van der Waals surface area contributed by atoms with Crippen LogP contribution in [0.25, 0.3) is 0 Å². The molecule has 0 spiro atoms. The molecule has 2 N–H and O–H groups in total. The van der Waals surface area contributed by atoms with Crippen LogP contribution < -0.4 is 15.2 Å². The Kier molecular flexibility index (Phi) is 4.75. The van der Waals surface area contributed by atoms with Gasteiger partial charge in [0.25, 0.3) is 0 Å². The number of methoxy groups -OCH3 is 2. The van der Waals surface area contributed by atoms with Crippen molar-refractivity contribution in [2.75, 3.05) is 14.2 Å². The van der Waals surface area contributed by atoms with Gasteiger partial charge >= 0.3 is 0 Å². The van der Waals surface area contributed by atoms with E-state index >= 15 is 0 Å². The lowest BCUT2D eigenvalue weighted by atomic mass is 9.98. The highest BCUT2D eigenvalue weighted by molar-refractivity contribution is 5.45. The van der Waals surface area contributed by atoms with Crippen LogP contribution in [-0.4, -0.2) is 14.2 Å². The molecule has 0 aromatic heterocycles. The number of hydrogen-bond donors (Lipinski definition) is 1. The molecule has 0 radical (unpaired) electrons. The molecule has 112 valence electrons. The Morgan fingerprint density at radius 1 is 1.05 bits per heavy atom. The van der Waals surface area contributed by atoms with Gasteiger partial charge in [-0.05, 0) is 30.2 Å². The van der Waals surface area contributed by atoms with Crippen LogP contribution in [0.15, 0.2) is 36.4 Å². The van der Waals surface area contributed by atoms with Gasteiger partial charge in [-0.15, -0.1) is 0 Å². The smallest absolute Gasteiger partial charge is 0.163 e. The molecule has 5 heteroatoms. The minimum atomic E-state index is -0.605. The van der Waals surface area contributed by atoms with Crippen molar-refractivity contribution in [3.8, 4) is 11.5 Å². The molecule has 0 saturated carbocycles. The number of benzene rings is 2. The SMILES string of the molecule is COc1cc(F)c(C(N)Cc2cccc(F)c2)cc1OC. The summed E-state index contributed by atoms with van der Waals surface area (Å²) < 4.78 is 37.4. The van der Waals surface area contributed by atoms with Crippen LogP contribution in [0.3, 0.4) is 0 Å². The molecule has 0 fully saturated rings. The zero-order valence-corrected chi connectivity index (χ0v) is 11.9. The van der Waals surface area contributed by atoms with Crippen LogP contribution >= 0.6 is 0 Å². The van der Waals surface area contributed by atoms with Crippen LogP contribution in [0.5, 0.6) is 11.5 Å². The van der Waals surface area contributed by atoms with Crippen LogP contribution in [0.1, 0.15) is 17.2 Å². The summed E-state index contributed by atoms with van der Waals surface area (Å²) in [7, 11) is 2.90. The second-order valence-electron chi connectivity index (χ2n) is 4.67. The maximum Gasteiger partial charge on any atom is 0.163 e. The summed E-state index contributed by atoms with van der Waals surface area (Å²) in [4.78, 5) is 0. The predicted octanol–water partition coefficient (Wildman–Crippen LogP) is 3.22. The van der Waals surface area contributed by atoms with Gasteiger partial charge in [0.2, 0.25) is 0 Å². The van der Waals surface area contributed by atoms with E-state index in [0.29, 0.717) is 29.0 Å². The fourth-order valence-electron chi connectivity index (χ4n) is 2.18. The van der Waals surface area contributed by atoms with E-state index in [1.54, 1.807) is 12.1 Å². The highest BCUT2D eigenvalue weighted by atomic mass is 19.1. The molecule has 0 saturated heterocycles. The predicted molar refractivity (Wildman–Crippen MR) is 76.5 cm³/mol. The van der Waals surface area contributed by atoms with Crippen molar-refractivity contribution in [3.05, 3.63) is 59.2 Å². The Bertz CT molecular complexity index is 632. The largest absolute Gasteiger partial charge is 0.493 e. The number of hydrogen-bond acceptors (Lipinski definition) is 3. The summed E-state index contributed by atoms with van der Waals surface area (Å²) >= 11 is 0. The highest BCUT2D eigenvalue weighted by Crippen LogP contribution is 2.32. The van der Waals surface area contributed by atoms with Crippen molar-refractivity contribution in [1.29, 1.82) is 0 Å². The third-order valence-electron chi connectivity index (χ3n) is 3.25. The summed E-state index contributed by atoms with van der Waals surface area (Å²) in [6, 6.07) is 8.23. The maximum atomic E-state index is 14.1. The van der Waals surface area contributed by atoms with Crippen LogP contribution in [0.2, 0.25) is 0 Å². The van der Waals surface area contributed by atoms with Gasteiger partial charge in [-0.25, -0.2) is 8.78 Å². The van der Waals surface area contributed by atoms with Crippen LogP contribution in [0.4, 0.5) is 8.78 Å². The van der Waals surface area contributed by atoms with Gasteiger partial charge in [0.15, 0.2) is 11.5 Å². The quantitative estimate of drug-likeness (QED) is 0.920. The van der Waals surface area contributed by atoms with Gasteiger partial charge in [-0.2, -0.15) is 0 Å². The Balaban J connectivity index is 2.28. The molecule has 0 amide bonds. The van der Waals surface area contributed by atoms with Gasteiger partial charge in [-0.1, -0.05) is 12.1 Å². The van der Waals surface area contributed by atoms with E-state index in [2.05, 4.69) is 0 Å². The molecule has 21 heavy (non-hydrogen) atoms. The first kappa shape index (κ1) is 15.3. The van der Waals surface area contributed by atoms with Crippen LogP contribution in [-0.2, 0) is 6.42 Å². The normalized spacial score (nSPS) is 12.0. The molecule has 0 bridgehead atoms. The molecule has 3 nitrogen and oxygen atoms in total. The first-order valence-electron chi connectivity index (χ1n) is 6.46. The van der Waals surface area contributed by atoms with Gasteiger partial charge < -0.3 is 15.2 Å². The summed E-state index contributed by atoms with van der Waals surface area (Å²) in [6.07, 6.45) is 0.324. The van der Waals surface area contributed by atoms with E-state index in [0.717, 1.165) is 0 Å². The minimum Gasteiger partial charge on any atom is -0.493 e. The fraction of sp³-hybridized carbons (Fsp3) is 0.250. The molecule has 0 aliphatic heterocycles. The summed E-state index contributed by atoms with van der Waals surface area (Å²) in [5.41, 5.74) is 7.04. The monoisotopic (exact) mass is 293 g/mol. The van der Waals surface area contributed by atoms with Crippen molar-refractivity contribution < 1.29 is 18.3 Å². The van der Waals surface area contributed by atoms with Gasteiger partial charge in [-0.3, -0.25) is 0 Å². The average Bonchev–Trinajstić information content (AvgIpc) is 2.46. The first-order valence-corrected chi connectivity index (χ1v) is 6.46. The Labute approximate surface area is 122 Å². The van der Waals surface area contributed by atoms with Crippen molar-refractivity contribution >= 4 is 0 Å². The van der Waals surface area contributed by atoms with Crippen molar-refractivity contribution in [2.45, 2.75) is 12.5 Å². The molecule has 1 unspecified atom stereocenters. The van der Waals surface area contributed by atoms with Gasteiger partial charge in [0.1, 0.15) is 11.6 Å². The Hall–Kier alpha value is -2.14. The standard InChI is InChI=1S/C16H17F2NO2/c1-20-15-8-12(13(18)9-16(15)21-2)14(19)7-10-4-3-5-11(17)6-10/h3-6,8-9,14H,7,19H2,1-2H3. The van der Waals surface area contributed by atoms with Crippen LogP contribution in [0, 0.1) is 11.6 Å². The molecule has 2 rings (SSSR count). The highest BCUT2D eigenvalue weighted by Gasteiger charge is 2.17. The van der Waals surface area contributed by atoms with Crippen molar-refractivity contribution in [2.24, 2.45) is 5.73 Å². The summed E-state index contributed by atoms with van der Waals surface area (Å²) in [6.45, 7) is 0. The molecular weight excluding hydrogens is 276 g/mol. The second-order valence-corrected chi connectivity index (χ2v) is 4.67. The lowest BCUT2D eigenvalue weighted by molar-refractivity contribution is 0.351. The third kappa shape index (κ3) is 3.49. The van der Waals surface area contributed by atoms with E-state index in [1.807, 2.05) is 0 Å². The molecule has 2 aromatic carbocycles. The van der Waals surface area contributed by atoms with Crippen molar-refractivity contribution in [1.82, 2.24) is 0 Å². The van der Waals surface area contributed by atoms with Crippen molar-refractivity contribution in [3.63, 3.8) is 0 Å². The fourth-order valence-corrected chi connectivity index (χ4v) is 2.18. The number of rotatable bonds is 5. The van der Waals surface area contributed by atoms with E-state index in [1.165, 1.54) is 38.5 Å².